The average Bonchev–Trinajstić information content (AvgIpc) is 3.07. The summed E-state index contributed by atoms with van der Waals surface area (Å²) >= 11 is 0. The SMILES string of the molecule is Cc1ccccc1CN1CCN2C(C(=O)Nc3cccc(OC(F)(F)F)c3)=COC2=NC1=O. The predicted octanol–water partition coefficient (Wildman–Crippen LogP) is 4.00. The number of aliphatic imine (C=N–C) groups is 1. The first-order valence-electron chi connectivity index (χ1n) is 9.93. The van der Waals surface area contributed by atoms with Gasteiger partial charge in [-0.15, -0.1) is 18.2 Å². The number of halogens is 3. The molecule has 0 bridgehead atoms. The zero-order chi connectivity index (χ0) is 23.6. The highest BCUT2D eigenvalue weighted by Gasteiger charge is 2.34. The van der Waals surface area contributed by atoms with Crippen LogP contribution in [0.15, 0.2) is 65.5 Å². The van der Waals surface area contributed by atoms with Crippen LogP contribution in [0, 0.1) is 6.92 Å². The van der Waals surface area contributed by atoms with E-state index in [1.54, 1.807) is 4.90 Å². The summed E-state index contributed by atoms with van der Waals surface area (Å²) in [4.78, 5) is 32.3. The number of nitrogens with zero attached hydrogens (tertiary/aromatic N) is 3. The molecule has 2 heterocycles. The lowest BCUT2D eigenvalue weighted by Crippen LogP contribution is -2.36. The maximum atomic E-state index is 12.8. The quantitative estimate of drug-likeness (QED) is 0.730. The molecule has 3 amide bonds. The van der Waals surface area contributed by atoms with Crippen LogP contribution in [0.2, 0.25) is 0 Å². The van der Waals surface area contributed by atoms with Crippen LogP contribution in [0.1, 0.15) is 11.1 Å². The van der Waals surface area contributed by atoms with Gasteiger partial charge in [0.2, 0.25) is 0 Å². The number of amidine groups is 1. The molecule has 4 rings (SSSR count). The minimum absolute atomic E-state index is 0.0356. The molecule has 11 heteroatoms. The maximum absolute atomic E-state index is 12.8. The molecule has 0 saturated heterocycles. The molecule has 2 aliphatic heterocycles. The van der Waals surface area contributed by atoms with Crippen molar-refractivity contribution in [2.45, 2.75) is 19.8 Å². The van der Waals surface area contributed by atoms with Crippen molar-refractivity contribution in [3.8, 4) is 5.75 Å². The Bertz CT molecular complexity index is 1150. The first kappa shape index (κ1) is 22.2. The Hall–Kier alpha value is -4.02. The van der Waals surface area contributed by atoms with Gasteiger partial charge in [-0.3, -0.25) is 9.69 Å². The molecule has 33 heavy (non-hydrogen) atoms. The Morgan fingerprint density at radius 3 is 2.73 bits per heavy atom. The van der Waals surface area contributed by atoms with Crippen molar-refractivity contribution in [3.63, 3.8) is 0 Å². The summed E-state index contributed by atoms with van der Waals surface area (Å²) < 4.78 is 46.5. The Morgan fingerprint density at radius 1 is 1.18 bits per heavy atom. The van der Waals surface area contributed by atoms with Crippen LogP contribution in [0.3, 0.4) is 0 Å². The number of carbonyl (C=O) groups is 2. The number of benzene rings is 2. The molecule has 1 N–H and O–H groups in total. The monoisotopic (exact) mass is 460 g/mol. The van der Waals surface area contributed by atoms with Gasteiger partial charge in [0.15, 0.2) is 0 Å². The van der Waals surface area contributed by atoms with Gasteiger partial charge in [0.05, 0.1) is 0 Å². The first-order chi connectivity index (χ1) is 15.7. The smallest absolute Gasteiger partial charge is 0.431 e. The Kier molecular flexibility index (Phi) is 5.95. The maximum Gasteiger partial charge on any atom is 0.573 e. The highest BCUT2D eigenvalue weighted by atomic mass is 19.4. The number of anilines is 1. The summed E-state index contributed by atoms with van der Waals surface area (Å²) in [6, 6.07) is 12.0. The normalized spacial score (nSPS) is 15.8. The number of amides is 3. The highest BCUT2D eigenvalue weighted by Crippen LogP contribution is 2.26. The standard InChI is InChI=1S/C22H19F3N4O4/c1-14-5-2-3-6-15(14)12-28-9-10-29-18(13-32-21(29)27-20(28)31)19(30)26-16-7-4-8-17(11-16)33-22(23,24)25/h2-8,11,13H,9-10,12H2,1H3,(H,26,30). The second-order valence-electron chi connectivity index (χ2n) is 7.33. The van der Waals surface area contributed by atoms with Crippen LogP contribution in [0.25, 0.3) is 0 Å². The third-order valence-electron chi connectivity index (χ3n) is 5.03. The van der Waals surface area contributed by atoms with Crippen molar-refractivity contribution in [2.75, 3.05) is 18.4 Å². The van der Waals surface area contributed by atoms with Crippen LogP contribution in [-0.4, -0.2) is 47.2 Å². The molecule has 0 aliphatic carbocycles. The van der Waals surface area contributed by atoms with E-state index in [2.05, 4.69) is 15.0 Å². The van der Waals surface area contributed by atoms with Gasteiger partial charge in [0, 0.05) is 31.4 Å². The lowest BCUT2D eigenvalue weighted by molar-refractivity contribution is -0.274. The summed E-state index contributed by atoms with van der Waals surface area (Å²) in [5.74, 6) is -1.10. The topological polar surface area (TPSA) is 83.5 Å². The molecule has 8 nitrogen and oxygen atoms in total. The van der Waals surface area contributed by atoms with E-state index >= 15 is 0 Å². The summed E-state index contributed by atoms with van der Waals surface area (Å²) in [5.41, 5.74) is 2.18. The third kappa shape index (κ3) is 5.25. The fourth-order valence-corrected chi connectivity index (χ4v) is 3.39. The van der Waals surface area contributed by atoms with Crippen LogP contribution in [-0.2, 0) is 16.1 Å². The average molecular weight is 460 g/mol. The molecular weight excluding hydrogens is 441 g/mol. The molecule has 172 valence electrons. The van der Waals surface area contributed by atoms with Crippen molar-refractivity contribution in [3.05, 3.63) is 71.6 Å². The number of ether oxygens (including phenoxy) is 2. The summed E-state index contributed by atoms with van der Waals surface area (Å²) in [6.07, 6.45) is -3.70. The predicted molar refractivity (Wildman–Crippen MR) is 112 cm³/mol. The van der Waals surface area contributed by atoms with Crippen LogP contribution in [0.5, 0.6) is 5.75 Å². The molecule has 0 radical (unpaired) electrons. The molecule has 0 fully saturated rings. The number of hydrogen-bond acceptors (Lipinski definition) is 5. The van der Waals surface area contributed by atoms with Gasteiger partial charge in [-0.2, -0.15) is 0 Å². The zero-order valence-electron chi connectivity index (χ0n) is 17.4. The van der Waals surface area contributed by atoms with Gasteiger partial charge < -0.3 is 19.7 Å². The van der Waals surface area contributed by atoms with E-state index in [4.69, 9.17) is 4.74 Å². The number of alkyl halides is 3. The number of hydrogen-bond donors (Lipinski definition) is 1. The highest BCUT2D eigenvalue weighted by molar-refractivity contribution is 6.08. The molecule has 0 atom stereocenters. The van der Waals surface area contributed by atoms with E-state index in [0.717, 1.165) is 29.5 Å². The molecular formula is C22H19F3N4O4. The Balaban J connectivity index is 1.44. The van der Waals surface area contributed by atoms with Gasteiger partial charge in [-0.25, -0.2) is 4.79 Å². The summed E-state index contributed by atoms with van der Waals surface area (Å²) in [7, 11) is 0. The zero-order valence-corrected chi connectivity index (χ0v) is 17.4. The number of aryl methyl sites for hydroxylation is 1. The van der Waals surface area contributed by atoms with E-state index in [9.17, 15) is 22.8 Å². The van der Waals surface area contributed by atoms with Gasteiger partial charge in [0.25, 0.3) is 5.91 Å². The number of carbonyl (C=O) groups excluding carboxylic acids is 2. The van der Waals surface area contributed by atoms with Gasteiger partial charge in [0.1, 0.15) is 17.7 Å². The van der Waals surface area contributed by atoms with E-state index < -0.39 is 24.1 Å². The molecule has 0 saturated carbocycles. The minimum Gasteiger partial charge on any atom is -0.431 e. The number of urea groups is 1. The van der Waals surface area contributed by atoms with E-state index in [-0.39, 0.29) is 30.5 Å². The van der Waals surface area contributed by atoms with Crippen LogP contribution in [0.4, 0.5) is 23.7 Å². The second-order valence-corrected chi connectivity index (χ2v) is 7.33. The number of nitrogens with one attached hydrogen (secondary N) is 1. The van der Waals surface area contributed by atoms with E-state index in [0.29, 0.717) is 6.54 Å². The fourth-order valence-electron chi connectivity index (χ4n) is 3.39. The number of rotatable bonds is 5. The van der Waals surface area contributed by atoms with Crippen molar-refractivity contribution < 1.29 is 32.2 Å². The van der Waals surface area contributed by atoms with Crippen molar-refractivity contribution in [2.24, 2.45) is 4.99 Å². The second kappa shape index (κ2) is 8.85. The van der Waals surface area contributed by atoms with Crippen molar-refractivity contribution >= 4 is 23.6 Å². The largest absolute Gasteiger partial charge is 0.573 e. The fraction of sp³-hybridized carbons (Fsp3) is 0.227. The van der Waals surface area contributed by atoms with E-state index in [1.807, 2.05) is 31.2 Å². The summed E-state index contributed by atoms with van der Waals surface area (Å²) in [5, 5.41) is 2.50. The molecule has 2 aliphatic rings. The van der Waals surface area contributed by atoms with Crippen molar-refractivity contribution in [1.29, 1.82) is 0 Å². The van der Waals surface area contributed by atoms with E-state index in [1.165, 1.54) is 17.0 Å². The van der Waals surface area contributed by atoms with Crippen molar-refractivity contribution in [1.82, 2.24) is 9.80 Å². The third-order valence-corrected chi connectivity index (χ3v) is 5.03. The molecule has 0 spiro atoms. The number of fused-ring (bicyclic) bond motifs is 1. The van der Waals surface area contributed by atoms with Gasteiger partial charge in [-0.05, 0) is 30.2 Å². The van der Waals surface area contributed by atoms with Gasteiger partial charge in [-0.1, -0.05) is 30.3 Å². The van der Waals surface area contributed by atoms with Gasteiger partial charge >= 0.3 is 18.4 Å². The minimum atomic E-state index is -4.85. The molecule has 2 aromatic rings. The Morgan fingerprint density at radius 2 is 1.97 bits per heavy atom. The lowest BCUT2D eigenvalue weighted by Gasteiger charge is -2.22. The first-order valence-corrected chi connectivity index (χ1v) is 9.93. The Labute approximate surface area is 186 Å². The van der Waals surface area contributed by atoms with Crippen LogP contribution >= 0.6 is 0 Å². The molecule has 0 aromatic heterocycles. The summed E-state index contributed by atoms with van der Waals surface area (Å²) in [6.45, 7) is 2.83. The molecule has 2 aromatic carbocycles. The van der Waals surface area contributed by atoms with Crippen LogP contribution < -0.4 is 10.1 Å². The lowest BCUT2D eigenvalue weighted by atomic mass is 10.1. The molecule has 0 unspecified atom stereocenters.